The van der Waals surface area contributed by atoms with E-state index in [0.717, 1.165) is 45.1 Å². The van der Waals surface area contributed by atoms with Gasteiger partial charge in [0.25, 0.3) is 0 Å². The molecule has 3 heterocycles. The second-order valence-electron chi connectivity index (χ2n) is 16.4. The van der Waals surface area contributed by atoms with Gasteiger partial charge in [-0.15, -0.1) is 11.3 Å². The number of nitrogens with one attached hydrogen (secondary N) is 1. The summed E-state index contributed by atoms with van der Waals surface area (Å²) in [6, 6.07) is 65.2. The van der Waals surface area contributed by atoms with Gasteiger partial charge in [0.05, 0.1) is 11.2 Å². The van der Waals surface area contributed by atoms with Crippen LogP contribution in [-0.4, -0.2) is 16.7 Å². The zero-order valence-electron chi connectivity index (χ0n) is 33.1. The maximum Gasteiger partial charge on any atom is 0.159 e. The molecule has 0 saturated heterocycles. The highest BCUT2D eigenvalue weighted by Crippen LogP contribution is 2.49. The van der Waals surface area contributed by atoms with E-state index in [-0.39, 0.29) is 11.6 Å². The van der Waals surface area contributed by atoms with Crippen LogP contribution < -0.4 is 5.32 Å². The number of fused-ring (bicyclic) bond motifs is 10. The first kappa shape index (κ1) is 34.8. The van der Waals surface area contributed by atoms with Crippen LogP contribution >= 0.6 is 11.3 Å². The molecule has 60 heavy (non-hydrogen) atoms. The maximum atomic E-state index is 5.30. The Morgan fingerprint density at radius 1 is 0.517 bits per heavy atom. The molecular formula is C55H38N4S. The van der Waals surface area contributed by atoms with Crippen LogP contribution in [0.4, 0.5) is 0 Å². The lowest BCUT2D eigenvalue weighted by Crippen LogP contribution is -2.33. The summed E-state index contributed by atoms with van der Waals surface area (Å²) in [5.74, 6) is 1.54. The first-order valence-corrected chi connectivity index (χ1v) is 21.4. The molecule has 0 fully saturated rings. The van der Waals surface area contributed by atoms with Crippen molar-refractivity contribution in [3.8, 4) is 33.5 Å². The van der Waals surface area contributed by atoms with E-state index in [1.807, 2.05) is 17.4 Å². The topological polar surface area (TPSA) is 49.6 Å². The summed E-state index contributed by atoms with van der Waals surface area (Å²) < 4.78 is 2.57. The predicted octanol–water partition coefficient (Wildman–Crippen LogP) is 13.9. The number of amidine groups is 2. The normalized spacial score (nSPS) is 15.5. The molecule has 0 radical (unpaired) electrons. The lowest BCUT2D eigenvalue weighted by Gasteiger charge is -2.24. The van der Waals surface area contributed by atoms with E-state index in [1.165, 1.54) is 69.7 Å². The van der Waals surface area contributed by atoms with Gasteiger partial charge in [-0.3, -0.25) is 0 Å². The highest BCUT2D eigenvalue weighted by atomic mass is 32.1. The molecule has 1 N–H and O–H groups in total. The van der Waals surface area contributed by atoms with Crippen molar-refractivity contribution in [2.24, 2.45) is 9.98 Å². The minimum absolute atomic E-state index is 0.0612. The van der Waals surface area contributed by atoms with Crippen molar-refractivity contribution in [3.05, 3.63) is 210 Å². The van der Waals surface area contributed by atoms with Gasteiger partial charge in [0.15, 0.2) is 5.84 Å². The number of para-hydroxylation sites is 1. The third-order valence-corrected chi connectivity index (χ3v) is 13.7. The van der Waals surface area contributed by atoms with Gasteiger partial charge >= 0.3 is 0 Å². The SMILES string of the molecule is CC1(C)c2ccccc2-c2cc(C3=NC(c4ccc(-c5cccc6sc7c(ccc8c(-c9ccccc9)nc9ccccc9c87)c56)cc4)NC(c4ccccc4)=N3)ccc21. The summed E-state index contributed by atoms with van der Waals surface area (Å²) in [6.45, 7) is 4.63. The lowest BCUT2D eigenvalue weighted by molar-refractivity contribution is 0.660. The largest absolute Gasteiger partial charge is 0.344 e. The van der Waals surface area contributed by atoms with Crippen molar-refractivity contribution < 1.29 is 0 Å². The zero-order valence-corrected chi connectivity index (χ0v) is 34.0. The second-order valence-corrected chi connectivity index (χ2v) is 17.4. The van der Waals surface area contributed by atoms with E-state index in [2.05, 4.69) is 195 Å². The highest BCUT2D eigenvalue weighted by molar-refractivity contribution is 7.27. The molecule has 8 aromatic carbocycles. The molecule has 1 unspecified atom stereocenters. The Morgan fingerprint density at radius 3 is 2.03 bits per heavy atom. The zero-order chi connectivity index (χ0) is 40.0. The third kappa shape index (κ3) is 5.39. The monoisotopic (exact) mass is 786 g/mol. The van der Waals surface area contributed by atoms with Gasteiger partial charge in [0.2, 0.25) is 0 Å². The number of hydrogen-bond acceptors (Lipinski definition) is 5. The molecular weight excluding hydrogens is 749 g/mol. The van der Waals surface area contributed by atoms with Crippen LogP contribution in [0.2, 0.25) is 0 Å². The van der Waals surface area contributed by atoms with Crippen LogP contribution in [0.25, 0.3) is 75.4 Å². The summed E-state index contributed by atoms with van der Waals surface area (Å²) in [5.41, 5.74) is 13.9. The quantitative estimate of drug-likeness (QED) is 0.177. The fraction of sp³-hybridized carbons (Fsp3) is 0.0727. The van der Waals surface area contributed by atoms with Crippen LogP contribution in [0.1, 0.15) is 47.8 Å². The van der Waals surface area contributed by atoms with Crippen LogP contribution in [0.5, 0.6) is 0 Å². The molecule has 0 bridgehead atoms. The lowest BCUT2D eigenvalue weighted by atomic mass is 9.82. The molecule has 1 aliphatic carbocycles. The Kier molecular flexibility index (Phi) is 7.78. The summed E-state index contributed by atoms with van der Waals surface area (Å²) in [4.78, 5) is 15.7. The molecule has 5 heteroatoms. The highest BCUT2D eigenvalue weighted by Gasteiger charge is 2.35. The van der Waals surface area contributed by atoms with E-state index in [9.17, 15) is 0 Å². The Morgan fingerprint density at radius 2 is 1.20 bits per heavy atom. The van der Waals surface area contributed by atoms with Crippen molar-refractivity contribution in [3.63, 3.8) is 0 Å². The van der Waals surface area contributed by atoms with E-state index >= 15 is 0 Å². The summed E-state index contributed by atoms with van der Waals surface area (Å²) in [5, 5.41) is 9.86. The van der Waals surface area contributed by atoms with Gasteiger partial charge in [-0.1, -0.05) is 178 Å². The summed E-state index contributed by atoms with van der Waals surface area (Å²) >= 11 is 1.88. The van der Waals surface area contributed by atoms with Crippen molar-refractivity contribution in [2.75, 3.05) is 0 Å². The average molecular weight is 787 g/mol. The maximum absolute atomic E-state index is 5.30. The van der Waals surface area contributed by atoms with E-state index < -0.39 is 0 Å². The van der Waals surface area contributed by atoms with Gasteiger partial charge in [-0.25, -0.2) is 15.0 Å². The van der Waals surface area contributed by atoms with Crippen LogP contribution in [-0.2, 0) is 5.41 Å². The molecule has 0 amide bonds. The molecule has 284 valence electrons. The van der Waals surface area contributed by atoms with E-state index in [4.69, 9.17) is 15.0 Å². The van der Waals surface area contributed by atoms with Crippen molar-refractivity contribution in [2.45, 2.75) is 25.4 Å². The molecule has 1 atom stereocenters. The summed E-state index contributed by atoms with van der Waals surface area (Å²) in [6.07, 6.45) is -0.316. The van der Waals surface area contributed by atoms with E-state index in [0.29, 0.717) is 0 Å². The third-order valence-electron chi connectivity index (χ3n) is 12.5. The standard InChI is InChI=1S/C55H38N4S/c1-55(2)44-21-11-9-18-39(44)43-32-37(28-31-45(43)55)54-58-52(35-16-7-4-8-17-35)57-53(59-54)36-26-24-33(25-27-36)38-20-13-23-47-48(38)42-30-29-41-49(51(42)60-47)40-19-10-12-22-46(40)56-50(41)34-14-5-3-6-15-34/h3-32,53H,1-2H3,(H,57,58,59). The first-order chi connectivity index (χ1) is 29.5. The number of nitrogens with zero attached hydrogens (tertiary/aromatic N) is 3. The molecule has 2 aliphatic rings. The molecule has 0 spiro atoms. The van der Waals surface area contributed by atoms with Gasteiger partial charge in [-0.05, 0) is 57.1 Å². The Balaban J connectivity index is 0.960. The smallest absolute Gasteiger partial charge is 0.159 e. The van der Waals surface area contributed by atoms with Gasteiger partial charge in [-0.2, -0.15) is 0 Å². The Bertz CT molecular complexity index is 3420. The molecule has 10 aromatic rings. The second kappa shape index (κ2) is 13.4. The molecule has 0 saturated carbocycles. The predicted molar refractivity (Wildman–Crippen MR) is 252 cm³/mol. The first-order valence-electron chi connectivity index (χ1n) is 20.6. The Hall–Kier alpha value is -7.21. The van der Waals surface area contributed by atoms with E-state index in [1.54, 1.807) is 0 Å². The Labute approximate surface area is 352 Å². The molecule has 4 nitrogen and oxygen atoms in total. The van der Waals surface area contributed by atoms with Crippen LogP contribution in [0, 0.1) is 0 Å². The molecule has 12 rings (SSSR count). The minimum Gasteiger partial charge on any atom is -0.344 e. The van der Waals surface area contributed by atoms with Crippen LogP contribution in [0.15, 0.2) is 192 Å². The molecule has 1 aliphatic heterocycles. The number of benzene rings is 8. The number of hydrogen-bond donors (Lipinski definition) is 1. The number of aromatic nitrogens is 1. The number of rotatable bonds is 5. The van der Waals surface area contributed by atoms with Gasteiger partial charge in [0, 0.05) is 58.4 Å². The van der Waals surface area contributed by atoms with Crippen molar-refractivity contribution >= 4 is 64.9 Å². The number of aliphatic imine (C=N–C) groups is 2. The van der Waals surface area contributed by atoms with Crippen molar-refractivity contribution in [1.29, 1.82) is 0 Å². The molecule has 2 aromatic heterocycles. The number of pyridine rings is 1. The van der Waals surface area contributed by atoms with Crippen LogP contribution in [0.3, 0.4) is 0 Å². The van der Waals surface area contributed by atoms with Gasteiger partial charge < -0.3 is 5.32 Å². The fourth-order valence-electron chi connectivity index (χ4n) is 9.57. The van der Waals surface area contributed by atoms with Gasteiger partial charge in [0.1, 0.15) is 12.0 Å². The minimum atomic E-state index is -0.316. The summed E-state index contributed by atoms with van der Waals surface area (Å²) in [7, 11) is 0. The average Bonchev–Trinajstić information content (AvgIpc) is 3.81. The number of thiophene rings is 1. The fourth-order valence-corrected chi connectivity index (χ4v) is 10.9. The van der Waals surface area contributed by atoms with Crippen molar-refractivity contribution in [1.82, 2.24) is 10.3 Å².